The Bertz CT molecular complexity index is 2120. The molecule has 0 aromatic heterocycles. The Morgan fingerprint density at radius 1 is 0.661 bits per heavy atom. The summed E-state index contributed by atoms with van der Waals surface area (Å²) in [6, 6.07) is 7.42. The van der Waals surface area contributed by atoms with Crippen molar-refractivity contribution in [2.75, 3.05) is 24.7 Å². The third kappa shape index (κ3) is 18.4. The molecule has 0 bridgehead atoms. The SMILES string of the molecule is C.O=C([O-])c1c(O)c(N=Nc2ccc(S(=O)(=O)CCOSOO[O-])cc2)cc(N=Nc2ccc(S(=O)(=O)CCOSOO[O-])cc2S(=O)(=O)[O-])c1O.[Na+].[Na+].[Na+].[Na+]. The molecule has 32 heteroatoms. The molecular weight excluding hydrogens is 901 g/mol. The second-order valence-electron chi connectivity index (χ2n) is 8.94. The first kappa shape index (κ1) is 60.4. The van der Waals surface area contributed by atoms with Gasteiger partial charge in [0.2, 0.25) is 0 Å². The molecule has 56 heavy (non-hydrogen) atoms. The number of carbonyl (C=O) groups is 1. The molecule has 0 aliphatic heterocycles. The third-order valence-electron chi connectivity index (χ3n) is 5.81. The molecule has 3 aromatic carbocycles. The van der Waals surface area contributed by atoms with E-state index in [9.17, 15) is 60.4 Å². The van der Waals surface area contributed by atoms with Crippen LogP contribution in [0.25, 0.3) is 0 Å². The summed E-state index contributed by atoms with van der Waals surface area (Å²) in [5.74, 6) is -5.83. The van der Waals surface area contributed by atoms with Crippen LogP contribution in [0.5, 0.6) is 11.5 Å². The summed E-state index contributed by atoms with van der Waals surface area (Å²) in [7, 11) is -13.6. The number of hydrogen-bond acceptors (Lipinski definition) is 25. The molecule has 2 N–H and O–H groups in total. The Kier molecular flexibility index (Phi) is 30.9. The number of sulfone groups is 2. The van der Waals surface area contributed by atoms with Crippen molar-refractivity contribution in [1.29, 1.82) is 0 Å². The van der Waals surface area contributed by atoms with Crippen molar-refractivity contribution in [2.24, 2.45) is 20.5 Å². The second-order valence-corrected chi connectivity index (χ2v) is 15.5. The minimum absolute atomic E-state index is 0. The van der Waals surface area contributed by atoms with Gasteiger partial charge in [-0.1, -0.05) is 7.43 Å². The molecule has 3 rings (SSSR count). The maximum absolute atomic E-state index is 12.6. The fraction of sp³-hybridized carbons (Fsp3) is 0.208. The van der Waals surface area contributed by atoms with Gasteiger partial charge in [-0.05, 0) is 42.5 Å². The third-order valence-corrected chi connectivity index (χ3v) is 10.8. The topological polar surface area (TPSA) is 357 Å². The van der Waals surface area contributed by atoms with E-state index in [1.54, 1.807) is 0 Å². The fourth-order valence-corrected chi connectivity index (χ4v) is 7.09. The number of rotatable bonds is 20. The van der Waals surface area contributed by atoms with Gasteiger partial charge in [0, 0.05) is 6.07 Å². The Hall–Kier alpha value is 0.120. The van der Waals surface area contributed by atoms with Crippen molar-refractivity contribution in [3.05, 3.63) is 54.1 Å². The van der Waals surface area contributed by atoms with Gasteiger partial charge in [0.05, 0.1) is 56.6 Å². The first-order valence-electron chi connectivity index (χ1n) is 12.8. The number of nitrogens with zero attached hydrogens (tertiary/aromatic N) is 4. The zero-order valence-corrected chi connectivity index (χ0v) is 40.7. The summed E-state index contributed by atoms with van der Waals surface area (Å²) in [6.07, 6.45) is 0. The number of aromatic carboxylic acids is 1. The van der Waals surface area contributed by atoms with Gasteiger partial charge in [-0.3, -0.25) is 18.4 Å². The number of benzene rings is 3. The molecule has 0 aliphatic carbocycles. The molecule has 0 spiro atoms. The smallest absolute Gasteiger partial charge is 0.744 e. The van der Waals surface area contributed by atoms with E-state index >= 15 is 0 Å². The van der Waals surface area contributed by atoms with E-state index in [1.807, 2.05) is 0 Å². The van der Waals surface area contributed by atoms with E-state index in [-0.39, 0.29) is 167 Å². The number of carbonyl (C=O) groups excluding carboxylic acids is 1. The number of hydrogen-bond donors (Lipinski definition) is 2. The van der Waals surface area contributed by atoms with Crippen LogP contribution in [0, 0.1) is 0 Å². The molecular formula is C24H22N4Na4O19S5. The van der Waals surface area contributed by atoms with Gasteiger partial charge in [-0.2, -0.15) is 5.11 Å². The Morgan fingerprint density at radius 3 is 1.54 bits per heavy atom. The Morgan fingerprint density at radius 2 is 1.09 bits per heavy atom. The summed E-state index contributed by atoms with van der Waals surface area (Å²) in [5.41, 5.74) is -3.47. The molecule has 3 aromatic rings. The van der Waals surface area contributed by atoms with Crippen molar-refractivity contribution < 1.29 is 206 Å². The van der Waals surface area contributed by atoms with E-state index in [2.05, 4.69) is 47.6 Å². The molecule has 0 atom stereocenters. The van der Waals surface area contributed by atoms with Crippen LogP contribution in [-0.2, 0) is 56.9 Å². The predicted octanol–water partition coefficient (Wildman–Crippen LogP) is -11.0. The van der Waals surface area contributed by atoms with Gasteiger partial charge in [-0.25, -0.2) is 25.3 Å². The standard InChI is InChI=1S/C23H22N4O19S5.CH4.4Na/c28-21-17(26-24-13-1-3-14(4-2-13)49(34,35)9-7-41-47-45-43-32)12-18(22(29)20(21)23(30)31)27-25-16-6-5-15(11-19(16)51(38,39)40)50(36,37)10-8-42-48-46-44-33;;;;;/h1-6,11-12,28-29,32-33H,7-10H2,(H,30,31)(H,38,39,40);1H4;;;;/q;;4*+1/p-4. The molecule has 0 radical (unpaired) electrons. The maximum atomic E-state index is 12.6. The van der Waals surface area contributed by atoms with Crippen molar-refractivity contribution in [3.8, 4) is 11.5 Å². The van der Waals surface area contributed by atoms with E-state index in [0.717, 1.165) is 30.3 Å². The molecule has 23 nitrogen and oxygen atoms in total. The van der Waals surface area contributed by atoms with E-state index in [4.69, 9.17) is 0 Å². The number of carboxylic acids is 1. The van der Waals surface area contributed by atoms with Crippen LogP contribution < -0.4 is 134 Å². The summed E-state index contributed by atoms with van der Waals surface area (Å²) in [5, 5.41) is 72.6. The number of carboxylic acid groups (broad SMARTS) is 1. The monoisotopic (exact) mass is 922 g/mol. The molecule has 0 saturated carbocycles. The second kappa shape index (κ2) is 28.6. The molecule has 0 unspecified atom stereocenters. The molecule has 0 heterocycles. The number of phenols is 2. The van der Waals surface area contributed by atoms with E-state index in [0.29, 0.717) is 6.07 Å². The number of azo groups is 2. The van der Waals surface area contributed by atoms with Crippen LogP contribution in [0.2, 0.25) is 0 Å². The normalized spacial score (nSPS) is 11.5. The summed E-state index contributed by atoms with van der Waals surface area (Å²) >= 11 is 0.139. The molecule has 0 aliphatic rings. The Balaban J connectivity index is -0.00000562. The Labute approximate surface area is 416 Å². The minimum atomic E-state index is -5.44. The average Bonchev–Trinajstić information content (AvgIpc) is 3.07. The van der Waals surface area contributed by atoms with Crippen LogP contribution in [0.4, 0.5) is 22.7 Å². The predicted molar refractivity (Wildman–Crippen MR) is 166 cm³/mol. The van der Waals surface area contributed by atoms with Crippen LogP contribution in [0.1, 0.15) is 17.8 Å². The van der Waals surface area contributed by atoms with Crippen molar-refractivity contribution >= 4 is 83.2 Å². The zero-order chi connectivity index (χ0) is 37.8. The summed E-state index contributed by atoms with van der Waals surface area (Å²) < 4.78 is 103. The van der Waals surface area contributed by atoms with E-state index < -0.39 is 97.8 Å². The van der Waals surface area contributed by atoms with Crippen molar-refractivity contribution in [1.82, 2.24) is 0 Å². The molecule has 0 fully saturated rings. The zero-order valence-electron chi connectivity index (χ0n) is 28.6. The van der Waals surface area contributed by atoms with Crippen molar-refractivity contribution in [3.63, 3.8) is 0 Å². The molecule has 0 amide bonds. The van der Waals surface area contributed by atoms with E-state index in [1.165, 1.54) is 12.1 Å². The maximum Gasteiger partial charge on any atom is 1.00 e. The first-order valence-corrected chi connectivity index (χ1v) is 18.8. The number of aromatic hydroxyl groups is 2. The van der Waals surface area contributed by atoms with Crippen LogP contribution in [-0.4, -0.2) is 70.7 Å². The minimum Gasteiger partial charge on any atom is -0.744 e. The van der Waals surface area contributed by atoms with Gasteiger partial charge >= 0.3 is 118 Å². The summed E-state index contributed by atoms with van der Waals surface area (Å²) in [6.45, 7) is -0.951. The quantitative estimate of drug-likeness (QED) is 0.0202. The van der Waals surface area contributed by atoms with Gasteiger partial charge in [0.25, 0.3) is 0 Å². The fourth-order valence-electron chi connectivity index (χ4n) is 3.54. The van der Waals surface area contributed by atoms with Gasteiger partial charge < -0.3 is 35.2 Å². The average molecular weight is 923 g/mol. The van der Waals surface area contributed by atoms with Gasteiger partial charge in [-0.15, -0.1) is 24.0 Å². The van der Waals surface area contributed by atoms with Crippen LogP contribution >= 0.6 is 24.6 Å². The first-order chi connectivity index (χ1) is 24.0. The van der Waals surface area contributed by atoms with Crippen LogP contribution in [0.3, 0.4) is 0 Å². The summed E-state index contributed by atoms with van der Waals surface area (Å²) in [4.78, 5) is 9.67. The van der Waals surface area contributed by atoms with Gasteiger partial charge in [0.15, 0.2) is 55.8 Å². The molecule has 286 valence electrons. The molecule has 0 saturated heterocycles. The van der Waals surface area contributed by atoms with Crippen LogP contribution in [0.15, 0.2) is 83.7 Å². The largest absolute Gasteiger partial charge is 1.00 e. The van der Waals surface area contributed by atoms with Crippen molar-refractivity contribution in [2.45, 2.75) is 22.1 Å². The van der Waals surface area contributed by atoms with Gasteiger partial charge in [0.1, 0.15) is 27.2 Å².